The van der Waals surface area contributed by atoms with Gasteiger partial charge in [0.1, 0.15) is 0 Å². The summed E-state index contributed by atoms with van der Waals surface area (Å²) in [7, 11) is 0. The fraction of sp³-hybridized carbons (Fsp3) is 0.529. The van der Waals surface area contributed by atoms with E-state index in [2.05, 4.69) is 5.32 Å². The lowest BCUT2D eigenvalue weighted by atomic mass is 10.0. The summed E-state index contributed by atoms with van der Waals surface area (Å²) in [6.07, 6.45) is 1.33. The van der Waals surface area contributed by atoms with Crippen LogP contribution in [0.25, 0.3) is 0 Å². The molecule has 0 aliphatic carbocycles. The molecule has 0 aromatic heterocycles. The van der Waals surface area contributed by atoms with E-state index in [0.29, 0.717) is 18.5 Å². The van der Waals surface area contributed by atoms with Gasteiger partial charge in [0, 0.05) is 37.4 Å². The number of benzene rings is 1. The largest absolute Gasteiger partial charge is 0.396 e. The number of rotatable bonds is 5. The Hall–Kier alpha value is -1.88. The van der Waals surface area contributed by atoms with E-state index >= 15 is 0 Å². The molecule has 22 heavy (non-hydrogen) atoms. The van der Waals surface area contributed by atoms with Crippen LogP contribution < -0.4 is 10.2 Å². The van der Waals surface area contributed by atoms with Gasteiger partial charge in [0.25, 0.3) is 5.91 Å². The molecule has 1 heterocycles. The average Bonchev–Trinajstić information content (AvgIpc) is 2.89. The van der Waals surface area contributed by atoms with Crippen LogP contribution in [0.15, 0.2) is 18.2 Å². The van der Waals surface area contributed by atoms with Crippen LogP contribution in [-0.2, 0) is 11.2 Å². The highest BCUT2D eigenvalue weighted by atomic mass is 16.3. The first kappa shape index (κ1) is 16.5. The second-order valence-corrected chi connectivity index (χ2v) is 6.10. The van der Waals surface area contributed by atoms with E-state index in [-0.39, 0.29) is 30.4 Å². The molecule has 1 aliphatic heterocycles. The maximum absolute atomic E-state index is 12.4. The molecule has 0 saturated heterocycles. The molecule has 0 fully saturated rings. The molecule has 1 unspecified atom stereocenters. The van der Waals surface area contributed by atoms with Gasteiger partial charge >= 0.3 is 0 Å². The number of carbonyl (C=O) groups excluding carboxylic acids is 2. The minimum Gasteiger partial charge on any atom is -0.396 e. The Labute approximate surface area is 131 Å². The first-order valence-corrected chi connectivity index (χ1v) is 7.76. The zero-order chi connectivity index (χ0) is 16.3. The van der Waals surface area contributed by atoms with E-state index in [1.165, 1.54) is 0 Å². The minimum atomic E-state index is -0.128. The second kappa shape index (κ2) is 6.92. The average molecular weight is 304 g/mol. The van der Waals surface area contributed by atoms with Crippen LogP contribution >= 0.6 is 0 Å². The number of nitrogens with one attached hydrogen (secondary N) is 1. The summed E-state index contributed by atoms with van der Waals surface area (Å²) in [5.41, 5.74) is 2.54. The van der Waals surface area contributed by atoms with Crippen molar-refractivity contribution in [2.75, 3.05) is 18.1 Å². The van der Waals surface area contributed by atoms with Crippen molar-refractivity contribution < 1.29 is 14.7 Å². The molecule has 120 valence electrons. The van der Waals surface area contributed by atoms with E-state index in [1.54, 1.807) is 17.9 Å². The molecule has 0 bridgehead atoms. The molecule has 0 radical (unpaired) electrons. The summed E-state index contributed by atoms with van der Waals surface area (Å²) in [5.74, 6) is 0.161. The number of fused-ring (bicyclic) bond motifs is 1. The van der Waals surface area contributed by atoms with Crippen LogP contribution in [0.5, 0.6) is 0 Å². The summed E-state index contributed by atoms with van der Waals surface area (Å²) in [5, 5.41) is 12.1. The van der Waals surface area contributed by atoms with Gasteiger partial charge in [-0.2, -0.15) is 0 Å². The monoisotopic (exact) mass is 304 g/mol. The van der Waals surface area contributed by atoms with Crippen LogP contribution in [-0.4, -0.2) is 36.1 Å². The SMILES string of the molecule is CC(=O)N1CCc2cc(C(=O)NC(CCO)C(C)C)ccc21. The molecule has 2 amide bonds. The topological polar surface area (TPSA) is 69.6 Å². The molecule has 1 atom stereocenters. The molecule has 1 aliphatic rings. The number of hydrogen-bond acceptors (Lipinski definition) is 3. The van der Waals surface area contributed by atoms with E-state index in [1.807, 2.05) is 26.0 Å². The van der Waals surface area contributed by atoms with Gasteiger partial charge in [-0.15, -0.1) is 0 Å². The Morgan fingerprint density at radius 3 is 2.68 bits per heavy atom. The first-order valence-electron chi connectivity index (χ1n) is 7.76. The number of anilines is 1. The van der Waals surface area contributed by atoms with Crippen LogP contribution in [0.2, 0.25) is 0 Å². The van der Waals surface area contributed by atoms with Gasteiger partial charge in [0.15, 0.2) is 0 Å². The van der Waals surface area contributed by atoms with Crippen molar-refractivity contribution in [3.05, 3.63) is 29.3 Å². The van der Waals surface area contributed by atoms with Gasteiger partial charge in [-0.25, -0.2) is 0 Å². The molecule has 5 heteroatoms. The summed E-state index contributed by atoms with van der Waals surface area (Å²) < 4.78 is 0. The van der Waals surface area contributed by atoms with Crippen LogP contribution in [0, 0.1) is 5.92 Å². The normalized spacial score (nSPS) is 14.9. The van der Waals surface area contributed by atoms with Gasteiger partial charge in [-0.05, 0) is 42.5 Å². The Morgan fingerprint density at radius 1 is 1.36 bits per heavy atom. The summed E-state index contributed by atoms with van der Waals surface area (Å²) in [4.78, 5) is 25.7. The number of hydrogen-bond donors (Lipinski definition) is 2. The lowest BCUT2D eigenvalue weighted by Gasteiger charge is -2.22. The van der Waals surface area contributed by atoms with Crippen molar-refractivity contribution in [3.8, 4) is 0 Å². The molecule has 2 rings (SSSR count). The van der Waals surface area contributed by atoms with Crippen LogP contribution in [0.4, 0.5) is 5.69 Å². The summed E-state index contributed by atoms with van der Waals surface area (Å²) >= 11 is 0. The maximum Gasteiger partial charge on any atom is 0.251 e. The molecular weight excluding hydrogens is 280 g/mol. The van der Waals surface area contributed by atoms with Crippen LogP contribution in [0.3, 0.4) is 0 Å². The van der Waals surface area contributed by atoms with E-state index < -0.39 is 0 Å². The second-order valence-electron chi connectivity index (χ2n) is 6.10. The number of amides is 2. The number of aliphatic hydroxyl groups excluding tert-OH is 1. The quantitative estimate of drug-likeness (QED) is 0.870. The van der Waals surface area contributed by atoms with Crippen molar-refractivity contribution in [1.82, 2.24) is 5.32 Å². The number of nitrogens with zero attached hydrogens (tertiary/aromatic N) is 1. The lowest BCUT2D eigenvalue weighted by Crippen LogP contribution is -2.39. The smallest absolute Gasteiger partial charge is 0.251 e. The molecule has 1 aromatic carbocycles. The van der Waals surface area contributed by atoms with E-state index in [4.69, 9.17) is 5.11 Å². The third-order valence-electron chi connectivity index (χ3n) is 4.18. The molecule has 0 spiro atoms. The maximum atomic E-state index is 12.4. The summed E-state index contributed by atoms with van der Waals surface area (Å²) in [6.45, 7) is 6.33. The van der Waals surface area contributed by atoms with Gasteiger partial charge in [0.2, 0.25) is 5.91 Å². The molecule has 2 N–H and O–H groups in total. The van der Waals surface area contributed by atoms with E-state index in [0.717, 1.165) is 17.7 Å². The Kier molecular flexibility index (Phi) is 5.19. The number of carbonyl (C=O) groups is 2. The number of aliphatic hydroxyl groups is 1. The van der Waals surface area contributed by atoms with Crippen molar-refractivity contribution in [3.63, 3.8) is 0 Å². The minimum absolute atomic E-state index is 0.0266. The van der Waals surface area contributed by atoms with Crippen molar-refractivity contribution in [2.45, 2.75) is 39.7 Å². The Morgan fingerprint density at radius 2 is 2.09 bits per heavy atom. The van der Waals surface area contributed by atoms with Gasteiger partial charge in [-0.3, -0.25) is 9.59 Å². The van der Waals surface area contributed by atoms with Gasteiger partial charge < -0.3 is 15.3 Å². The molecule has 1 aromatic rings. The third kappa shape index (κ3) is 3.47. The van der Waals surface area contributed by atoms with Gasteiger partial charge in [-0.1, -0.05) is 13.8 Å². The van der Waals surface area contributed by atoms with Gasteiger partial charge in [0.05, 0.1) is 0 Å². The van der Waals surface area contributed by atoms with E-state index in [9.17, 15) is 9.59 Å². The summed E-state index contributed by atoms with van der Waals surface area (Å²) in [6, 6.07) is 5.42. The zero-order valence-electron chi connectivity index (χ0n) is 13.4. The van der Waals surface area contributed by atoms with Crippen molar-refractivity contribution in [2.24, 2.45) is 5.92 Å². The first-order chi connectivity index (χ1) is 10.4. The molecule has 5 nitrogen and oxygen atoms in total. The Balaban J connectivity index is 2.14. The highest BCUT2D eigenvalue weighted by molar-refractivity contribution is 5.98. The lowest BCUT2D eigenvalue weighted by molar-refractivity contribution is -0.116. The molecular formula is C17H24N2O3. The fourth-order valence-electron chi connectivity index (χ4n) is 2.83. The standard InChI is InChI=1S/C17H24N2O3/c1-11(2)15(7-9-20)18-17(22)14-4-5-16-13(10-14)6-8-19(16)12(3)21/h4-5,10-11,15,20H,6-9H2,1-3H3,(H,18,22). The predicted octanol–water partition coefficient (Wildman–Crippen LogP) is 1.73. The highest BCUT2D eigenvalue weighted by Crippen LogP contribution is 2.29. The Bertz CT molecular complexity index is 569. The van der Waals surface area contributed by atoms with Crippen LogP contribution in [0.1, 0.15) is 43.1 Å². The zero-order valence-corrected chi connectivity index (χ0v) is 13.4. The van der Waals surface area contributed by atoms with Crippen molar-refractivity contribution in [1.29, 1.82) is 0 Å². The third-order valence-corrected chi connectivity index (χ3v) is 4.18. The predicted molar refractivity (Wildman–Crippen MR) is 86.0 cm³/mol. The van der Waals surface area contributed by atoms with Crippen molar-refractivity contribution >= 4 is 17.5 Å². The highest BCUT2D eigenvalue weighted by Gasteiger charge is 2.24. The fourth-order valence-corrected chi connectivity index (χ4v) is 2.83. The molecule has 0 saturated carbocycles.